The molecule has 0 aliphatic rings. The number of fused-ring (bicyclic) bond motifs is 1. The highest BCUT2D eigenvalue weighted by Gasteiger charge is 2.15. The average molecular weight is 504 g/mol. The number of hydrogen-bond acceptors (Lipinski definition) is 6. The predicted molar refractivity (Wildman–Crippen MR) is 111 cm³/mol. The van der Waals surface area contributed by atoms with Crippen LogP contribution < -0.4 is 5.63 Å². The SMILES string of the molecule is N#C/C(=C\c1ccco1)c1nc(-c2cc3cc(Br)cc(Br)c3oc2=O)cs1. The maximum Gasteiger partial charge on any atom is 0.345 e. The first-order valence-electron chi connectivity index (χ1n) is 7.59. The minimum Gasteiger partial charge on any atom is -0.465 e. The maximum absolute atomic E-state index is 12.4. The van der Waals surface area contributed by atoms with Gasteiger partial charge in [-0.3, -0.25) is 0 Å². The highest BCUT2D eigenvalue weighted by molar-refractivity contribution is 9.11. The monoisotopic (exact) mass is 502 g/mol. The molecular weight excluding hydrogens is 496 g/mol. The van der Waals surface area contributed by atoms with Crippen LogP contribution in [0.4, 0.5) is 0 Å². The summed E-state index contributed by atoms with van der Waals surface area (Å²) in [5.41, 5.74) is 1.14. The molecule has 3 aromatic heterocycles. The van der Waals surface area contributed by atoms with Gasteiger partial charge in [0.25, 0.3) is 0 Å². The molecule has 0 saturated carbocycles. The van der Waals surface area contributed by atoms with E-state index in [4.69, 9.17) is 8.83 Å². The van der Waals surface area contributed by atoms with Crippen molar-refractivity contribution in [2.75, 3.05) is 0 Å². The van der Waals surface area contributed by atoms with Crippen molar-refractivity contribution in [1.29, 1.82) is 5.26 Å². The van der Waals surface area contributed by atoms with Gasteiger partial charge in [0.2, 0.25) is 0 Å². The molecule has 0 unspecified atom stereocenters. The fraction of sp³-hybridized carbons (Fsp3) is 0. The molecular formula is C19H8Br2N2O3S. The van der Waals surface area contributed by atoms with E-state index in [-0.39, 0.29) is 0 Å². The largest absolute Gasteiger partial charge is 0.465 e. The Hall–Kier alpha value is -2.47. The van der Waals surface area contributed by atoms with Gasteiger partial charge in [-0.25, -0.2) is 9.78 Å². The first-order valence-corrected chi connectivity index (χ1v) is 10.1. The van der Waals surface area contributed by atoms with E-state index in [1.54, 1.807) is 29.7 Å². The zero-order valence-electron chi connectivity index (χ0n) is 13.4. The summed E-state index contributed by atoms with van der Waals surface area (Å²) >= 11 is 8.10. The molecule has 0 N–H and O–H groups in total. The van der Waals surface area contributed by atoms with Gasteiger partial charge in [0, 0.05) is 21.3 Å². The molecule has 0 saturated heterocycles. The Bertz CT molecular complexity index is 1280. The molecule has 0 fully saturated rings. The number of aromatic nitrogens is 1. The van der Waals surface area contributed by atoms with Gasteiger partial charge in [0.15, 0.2) is 5.58 Å². The Balaban J connectivity index is 1.80. The number of furan rings is 1. The molecule has 0 atom stereocenters. The Morgan fingerprint density at radius 2 is 2.15 bits per heavy atom. The summed E-state index contributed by atoms with van der Waals surface area (Å²) in [6.07, 6.45) is 3.14. The van der Waals surface area contributed by atoms with Crippen LogP contribution in [0.5, 0.6) is 0 Å². The van der Waals surface area contributed by atoms with Gasteiger partial charge in [-0.05, 0) is 46.3 Å². The molecule has 4 aromatic rings. The Labute approximate surface area is 173 Å². The normalized spacial score (nSPS) is 11.7. The lowest BCUT2D eigenvalue weighted by Gasteiger charge is -2.03. The Morgan fingerprint density at radius 1 is 1.30 bits per heavy atom. The van der Waals surface area contributed by atoms with Crippen molar-refractivity contribution < 1.29 is 8.83 Å². The van der Waals surface area contributed by atoms with Gasteiger partial charge >= 0.3 is 5.63 Å². The summed E-state index contributed by atoms with van der Waals surface area (Å²) in [6, 6.07) is 11.0. The fourth-order valence-corrected chi connectivity index (χ4v) is 4.64. The first-order chi connectivity index (χ1) is 13.0. The summed E-state index contributed by atoms with van der Waals surface area (Å²) in [5.74, 6) is 0.559. The second kappa shape index (κ2) is 7.27. The van der Waals surface area contributed by atoms with Crippen LogP contribution in [-0.4, -0.2) is 4.98 Å². The molecule has 0 aliphatic carbocycles. The fourth-order valence-electron chi connectivity index (χ4n) is 2.51. The Kier molecular flexibility index (Phi) is 4.83. The van der Waals surface area contributed by atoms with Gasteiger partial charge < -0.3 is 8.83 Å². The minimum absolute atomic E-state index is 0.338. The maximum atomic E-state index is 12.4. The molecule has 0 spiro atoms. The van der Waals surface area contributed by atoms with Crippen molar-refractivity contribution in [2.24, 2.45) is 0 Å². The van der Waals surface area contributed by atoms with Crippen LogP contribution in [0.15, 0.2) is 64.5 Å². The van der Waals surface area contributed by atoms with Gasteiger partial charge in [-0.2, -0.15) is 5.26 Å². The summed E-state index contributed by atoms with van der Waals surface area (Å²) in [7, 11) is 0. The quantitative estimate of drug-likeness (QED) is 0.249. The number of hydrogen-bond donors (Lipinski definition) is 0. The number of nitriles is 1. The van der Waals surface area contributed by atoms with E-state index >= 15 is 0 Å². The van der Waals surface area contributed by atoms with Crippen LogP contribution in [0.2, 0.25) is 0 Å². The first kappa shape index (κ1) is 17.9. The third-order valence-corrected chi connectivity index (χ3v) is 5.63. The number of nitrogens with zero attached hydrogens (tertiary/aromatic N) is 2. The third-order valence-electron chi connectivity index (χ3n) is 3.71. The minimum atomic E-state index is -0.490. The summed E-state index contributed by atoms with van der Waals surface area (Å²) in [6.45, 7) is 0. The molecule has 132 valence electrons. The van der Waals surface area contributed by atoms with Crippen LogP contribution in [0.3, 0.4) is 0 Å². The van der Waals surface area contributed by atoms with Gasteiger partial charge in [-0.1, -0.05) is 15.9 Å². The van der Waals surface area contributed by atoms with Crippen molar-refractivity contribution in [3.05, 3.63) is 72.1 Å². The smallest absolute Gasteiger partial charge is 0.345 e. The Morgan fingerprint density at radius 3 is 2.89 bits per heavy atom. The molecule has 0 radical (unpaired) electrons. The number of thiazole rings is 1. The summed E-state index contributed by atoms with van der Waals surface area (Å²) in [4.78, 5) is 16.9. The number of halogens is 2. The van der Waals surface area contributed by atoms with E-state index in [9.17, 15) is 10.1 Å². The van der Waals surface area contributed by atoms with Gasteiger partial charge in [0.05, 0.1) is 27.6 Å². The lowest BCUT2D eigenvalue weighted by atomic mass is 10.1. The average Bonchev–Trinajstić information content (AvgIpc) is 3.31. The highest BCUT2D eigenvalue weighted by atomic mass is 79.9. The van der Waals surface area contributed by atoms with Crippen LogP contribution in [-0.2, 0) is 0 Å². The van der Waals surface area contributed by atoms with Crippen LogP contribution in [0.1, 0.15) is 10.8 Å². The summed E-state index contributed by atoms with van der Waals surface area (Å²) < 4.78 is 12.2. The molecule has 27 heavy (non-hydrogen) atoms. The zero-order valence-corrected chi connectivity index (χ0v) is 17.4. The van der Waals surface area contributed by atoms with Crippen LogP contribution in [0, 0.1) is 11.3 Å². The number of allylic oxidation sites excluding steroid dienone is 1. The van der Waals surface area contributed by atoms with Crippen molar-refractivity contribution in [3.8, 4) is 17.3 Å². The molecule has 5 nitrogen and oxygen atoms in total. The molecule has 3 heterocycles. The molecule has 0 bridgehead atoms. The number of benzene rings is 1. The molecule has 8 heteroatoms. The van der Waals surface area contributed by atoms with Crippen molar-refractivity contribution in [1.82, 2.24) is 4.98 Å². The van der Waals surface area contributed by atoms with Gasteiger partial charge in [-0.15, -0.1) is 11.3 Å². The lowest BCUT2D eigenvalue weighted by molar-refractivity contribution is 0.557. The van der Waals surface area contributed by atoms with E-state index in [1.165, 1.54) is 17.6 Å². The van der Waals surface area contributed by atoms with E-state index < -0.39 is 5.63 Å². The number of rotatable bonds is 3. The van der Waals surface area contributed by atoms with E-state index in [0.717, 1.165) is 9.86 Å². The second-order valence-electron chi connectivity index (χ2n) is 5.48. The van der Waals surface area contributed by atoms with Crippen LogP contribution >= 0.6 is 43.2 Å². The molecule has 4 rings (SSSR count). The zero-order chi connectivity index (χ0) is 19.0. The highest BCUT2D eigenvalue weighted by Crippen LogP contribution is 2.31. The molecule has 0 amide bonds. The second-order valence-corrected chi connectivity index (χ2v) is 8.10. The molecule has 0 aliphatic heterocycles. The summed E-state index contributed by atoms with van der Waals surface area (Å²) in [5, 5.41) is 12.4. The van der Waals surface area contributed by atoms with Crippen molar-refractivity contribution >= 4 is 65.8 Å². The van der Waals surface area contributed by atoms with E-state index in [1.807, 2.05) is 12.1 Å². The molecule has 1 aromatic carbocycles. The van der Waals surface area contributed by atoms with Crippen molar-refractivity contribution in [2.45, 2.75) is 0 Å². The third kappa shape index (κ3) is 3.54. The predicted octanol–water partition coefficient (Wildman–Crippen LogP) is 6.10. The van der Waals surface area contributed by atoms with E-state index in [2.05, 4.69) is 42.9 Å². The van der Waals surface area contributed by atoms with Gasteiger partial charge in [0.1, 0.15) is 16.8 Å². The standard InChI is InChI=1S/C19H8Br2N2O3S/c20-12-4-10-6-14(19(24)26-17(10)15(21)7-12)16-9-27-18(23-16)11(8-22)5-13-2-1-3-25-13/h1-7,9H/b11-5+. The lowest BCUT2D eigenvalue weighted by Crippen LogP contribution is -2.03. The van der Waals surface area contributed by atoms with Crippen molar-refractivity contribution in [3.63, 3.8) is 0 Å². The van der Waals surface area contributed by atoms with Crippen LogP contribution in [0.25, 0.3) is 33.9 Å². The topological polar surface area (TPSA) is 80.0 Å². The van der Waals surface area contributed by atoms with E-state index in [0.29, 0.717) is 37.7 Å².